The Hall–Kier alpha value is -2.66. The van der Waals surface area contributed by atoms with Crippen molar-refractivity contribution in [2.75, 3.05) is 6.61 Å². The number of aromatic nitrogens is 1. The Morgan fingerprint density at radius 1 is 0.931 bits per heavy atom. The molecule has 0 aliphatic rings. The molecule has 0 fully saturated rings. The highest BCUT2D eigenvalue weighted by Gasteiger charge is 2.20. The van der Waals surface area contributed by atoms with E-state index in [1.54, 1.807) is 0 Å². The highest BCUT2D eigenvalue weighted by Crippen LogP contribution is 2.23. The molecule has 29 heavy (non-hydrogen) atoms. The monoisotopic (exact) mass is 453 g/mol. The molecule has 0 atom stereocenters. The summed E-state index contributed by atoms with van der Waals surface area (Å²) < 4.78 is 8.39. The Balaban J connectivity index is 1.79. The van der Waals surface area contributed by atoms with E-state index >= 15 is 0 Å². The topological polar surface area (TPSA) is 48.3 Å². The van der Waals surface area contributed by atoms with Crippen LogP contribution in [0.5, 0.6) is 0 Å². The van der Waals surface area contributed by atoms with Gasteiger partial charge in [0.05, 0.1) is 5.56 Å². The van der Waals surface area contributed by atoms with Crippen LogP contribution in [-0.2, 0) is 4.74 Å². The molecule has 0 saturated heterocycles. The third-order valence-electron chi connectivity index (χ3n) is 5.03. The van der Waals surface area contributed by atoms with Crippen molar-refractivity contribution in [1.29, 1.82) is 0 Å². The summed E-state index contributed by atoms with van der Waals surface area (Å²) >= 11 is 3.44. The lowest BCUT2D eigenvalue weighted by Gasteiger charge is -2.11. The Labute approximate surface area is 179 Å². The minimum Gasteiger partial charge on any atom is -0.454 e. The fourth-order valence-electron chi connectivity index (χ4n) is 3.82. The Bertz CT molecular complexity index is 1070. The summed E-state index contributed by atoms with van der Waals surface area (Å²) in [6.07, 6.45) is 0. The second-order valence-corrected chi connectivity index (χ2v) is 8.29. The van der Waals surface area contributed by atoms with E-state index < -0.39 is 5.97 Å². The van der Waals surface area contributed by atoms with Gasteiger partial charge in [0.1, 0.15) is 0 Å². The van der Waals surface area contributed by atoms with Crippen LogP contribution in [0.15, 0.2) is 46.9 Å². The van der Waals surface area contributed by atoms with E-state index in [1.165, 1.54) is 0 Å². The Kier molecular flexibility index (Phi) is 6.08. The first-order valence-electron chi connectivity index (χ1n) is 9.42. The number of hydrogen-bond donors (Lipinski definition) is 0. The van der Waals surface area contributed by atoms with Gasteiger partial charge in [0.15, 0.2) is 6.61 Å². The van der Waals surface area contributed by atoms with E-state index in [0.717, 1.165) is 38.2 Å². The summed E-state index contributed by atoms with van der Waals surface area (Å²) in [6.45, 7) is 9.32. The summed E-state index contributed by atoms with van der Waals surface area (Å²) in [4.78, 5) is 25.3. The van der Waals surface area contributed by atoms with Gasteiger partial charge in [0, 0.05) is 27.1 Å². The molecule has 1 aromatic heterocycles. The van der Waals surface area contributed by atoms with Gasteiger partial charge in [-0.2, -0.15) is 0 Å². The number of carbonyl (C=O) groups is 2. The van der Waals surface area contributed by atoms with Crippen LogP contribution in [-0.4, -0.2) is 22.9 Å². The number of Topliss-reactive ketones (excluding diaryl/α,β-unsaturated/α-hetero) is 1. The van der Waals surface area contributed by atoms with Crippen molar-refractivity contribution in [3.63, 3.8) is 0 Å². The number of ether oxygens (including phenoxy) is 1. The summed E-state index contributed by atoms with van der Waals surface area (Å²) in [5.74, 6) is -0.674. The number of halogens is 1. The fraction of sp³-hybridized carbons (Fsp3) is 0.250. The number of carbonyl (C=O) groups excluding carboxylic acids is 2. The highest BCUT2D eigenvalue weighted by molar-refractivity contribution is 9.10. The zero-order valence-electron chi connectivity index (χ0n) is 17.3. The number of rotatable bonds is 5. The molecular weight excluding hydrogens is 430 g/mol. The molecule has 4 nitrogen and oxygen atoms in total. The maximum Gasteiger partial charge on any atom is 0.339 e. The van der Waals surface area contributed by atoms with Crippen LogP contribution >= 0.6 is 15.9 Å². The Morgan fingerprint density at radius 3 is 2.10 bits per heavy atom. The van der Waals surface area contributed by atoms with E-state index in [0.29, 0.717) is 11.1 Å². The molecular formula is C24H24BrNO3. The molecule has 0 N–H and O–H groups in total. The SMILES string of the molecule is Cc1cc(C)c(C(=O)OCC(=O)c2cc(C)n(-c3ccc(Br)cc3)c2C)c(C)c1. The molecule has 3 aromatic rings. The smallest absolute Gasteiger partial charge is 0.339 e. The predicted octanol–water partition coefficient (Wildman–Crippen LogP) is 5.82. The summed E-state index contributed by atoms with van der Waals surface area (Å²) in [5, 5.41) is 0. The van der Waals surface area contributed by atoms with Crippen molar-refractivity contribution < 1.29 is 14.3 Å². The van der Waals surface area contributed by atoms with E-state index in [1.807, 2.05) is 81.7 Å². The lowest BCUT2D eigenvalue weighted by atomic mass is 10.00. The lowest BCUT2D eigenvalue weighted by molar-refractivity contribution is 0.0473. The fourth-order valence-corrected chi connectivity index (χ4v) is 4.08. The van der Waals surface area contributed by atoms with Gasteiger partial charge < -0.3 is 9.30 Å². The maximum absolute atomic E-state index is 12.8. The number of nitrogens with zero attached hydrogens (tertiary/aromatic N) is 1. The average Bonchev–Trinajstić information content (AvgIpc) is 2.94. The van der Waals surface area contributed by atoms with Gasteiger partial charge in [-0.15, -0.1) is 0 Å². The molecule has 2 aromatic carbocycles. The van der Waals surface area contributed by atoms with Gasteiger partial charge in [-0.05, 0) is 76.1 Å². The van der Waals surface area contributed by atoms with Crippen molar-refractivity contribution in [2.45, 2.75) is 34.6 Å². The van der Waals surface area contributed by atoms with E-state index in [4.69, 9.17) is 4.74 Å². The average molecular weight is 454 g/mol. The molecule has 0 amide bonds. The molecule has 1 heterocycles. The number of hydrogen-bond acceptors (Lipinski definition) is 3. The highest BCUT2D eigenvalue weighted by atomic mass is 79.9. The molecule has 5 heteroatoms. The lowest BCUT2D eigenvalue weighted by Crippen LogP contribution is -2.16. The van der Waals surface area contributed by atoms with Crippen molar-refractivity contribution in [3.05, 3.63) is 86.1 Å². The predicted molar refractivity (Wildman–Crippen MR) is 118 cm³/mol. The van der Waals surface area contributed by atoms with Crippen molar-refractivity contribution >= 4 is 27.7 Å². The van der Waals surface area contributed by atoms with E-state index in [-0.39, 0.29) is 12.4 Å². The van der Waals surface area contributed by atoms with Gasteiger partial charge in [0.2, 0.25) is 5.78 Å². The van der Waals surface area contributed by atoms with Crippen LogP contribution in [0.1, 0.15) is 48.8 Å². The van der Waals surface area contributed by atoms with E-state index in [2.05, 4.69) is 15.9 Å². The number of ketones is 1. The quantitative estimate of drug-likeness (QED) is 0.361. The van der Waals surface area contributed by atoms with Crippen LogP contribution in [0.25, 0.3) is 5.69 Å². The van der Waals surface area contributed by atoms with Gasteiger partial charge in [-0.1, -0.05) is 33.6 Å². The molecule has 0 bridgehead atoms. The minimum absolute atomic E-state index is 0.211. The first kappa shape index (κ1) is 21.1. The normalized spacial score (nSPS) is 10.8. The van der Waals surface area contributed by atoms with Crippen LogP contribution in [0.4, 0.5) is 0 Å². The molecule has 3 rings (SSSR count). The summed E-state index contributed by atoms with van der Waals surface area (Å²) in [7, 11) is 0. The van der Waals surface area contributed by atoms with Crippen LogP contribution < -0.4 is 0 Å². The van der Waals surface area contributed by atoms with Crippen molar-refractivity contribution in [3.8, 4) is 5.69 Å². The zero-order chi connectivity index (χ0) is 21.3. The van der Waals surface area contributed by atoms with Gasteiger partial charge >= 0.3 is 5.97 Å². The second-order valence-electron chi connectivity index (χ2n) is 7.37. The molecule has 0 unspecified atom stereocenters. The van der Waals surface area contributed by atoms with Crippen LogP contribution in [0, 0.1) is 34.6 Å². The standard InChI is InChI=1S/C24H24BrNO3/c1-14-10-15(2)23(16(3)11-14)24(28)29-13-22(27)21-12-17(4)26(18(21)5)20-8-6-19(25)7-9-20/h6-12H,13H2,1-5H3. The van der Waals surface area contributed by atoms with Crippen LogP contribution in [0.3, 0.4) is 0 Å². The van der Waals surface area contributed by atoms with Gasteiger partial charge in [-0.3, -0.25) is 4.79 Å². The molecule has 150 valence electrons. The largest absolute Gasteiger partial charge is 0.454 e. The molecule has 0 radical (unpaired) electrons. The van der Waals surface area contributed by atoms with E-state index in [9.17, 15) is 9.59 Å². The number of esters is 1. The van der Waals surface area contributed by atoms with Crippen molar-refractivity contribution in [1.82, 2.24) is 4.57 Å². The van der Waals surface area contributed by atoms with Crippen molar-refractivity contribution in [2.24, 2.45) is 0 Å². The zero-order valence-corrected chi connectivity index (χ0v) is 18.9. The molecule has 0 saturated carbocycles. The third kappa shape index (κ3) is 4.35. The Morgan fingerprint density at radius 2 is 1.52 bits per heavy atom. The first-order valence-corrected chi connectivity index (χ1v) is 10.2. The van der Waals surface area contributed by atoms with Gasteiger partial charge in [0.25, 0.3) is 0 Å². The number of aryl methyl sites for hydroxylation is 4. The summed E-state index contributed by atoms with van der Waals surface area (Å²) in [5.41, 5.74) is 6.65. The van der Waals surface area contributed by atoms with Gasteiger partial charge in [-0.25, -0.2) is 4.79 Å². The molecule has 0 spiro atoms. The molecule has 0 aliphatic heterocycles. The summed E-state index contributed by atoms with van der Waals surface area (Å²) in [6, 6.07) is 13.6. The van der Waals surface area contributed by atoms with Crippen LogP contribution in [0.2, 0.25) is 0 Å². The number of benzene rings is 2. The maximum atomic E-state index is 12.8. The first-order chi connectivity index (χ1) is 13.7. The third-order valence-corrected chi connectivity index (χ3v) is 5.56. The second kappa shape index (κ2) is 8.37. The molecule has 0 aliphatic carbocycles. The minimum atomic E-state index is -0.463.